The molecule has 7 nitrogen and oxygen atoms in total. The average Bonchev–Trinajstić information content (AvgIpc) is 2.17. The molecule has 88 valence electrons. The quantitative estimate of drug-likeness (QED) is 0.275. The summed E-state index contributed by atoms with van der Waals surface area (Å²) in [6.07, 6.45) is 0.498. The maximum absolute atomic E-state index is 11.2. The van der Waals surface area contributed by atoms with E-state index in [1.165, 1.54) is 0 Å². The Morgan fingerprint density at radius 3 is 2.87 bits per heavy atom. The fourth-order valence-electron chi connectivity index (χ4n) is 0.807. The van der Waals surface area contributed by atoms with Crippen LogP contribution in [-0.4, -0.2) is 40.5 Å². The summed E-state index contributed by atoms with van der Waals surface area (Å²) in [5.74, 6) is -0.0393. The van der Waals surface area contributed by atoms with E-state index in [1.54, 1.807) is 6.92 Å². The molecule has 15 heavy (non-hydrogen) atoms. The van der Waals surface area contributed by atoms with Gasteiger partial charge in [0.15, 0.2) is 0 Å². The first-order valence-electron chi connectivity index (χ1n) is 4.68. The molecule has 0 amide bonds. The van der Waals surface area contributed by atoms with Crippen molar-refractivity contribution in [3.05, 3.63) is 10.4 Å². The van der Waals surface area contributed by atoms with E-state index in [4.69, 9.17) is 10.3 Å². The minimum absolute atomic E-state index is 0.0393. The fourth-order valence-corrected chi connectivity index (χ4v) is 1.74. The minimum Gasteiger partial charge on any atom is -0.381 e. The molecule has 0 fully saturated rings. The fraction of sp³-hybridized carbons (Fsp3) is 1.00. The largest absolute Gasteiger partial charge is 0.381 e. The van der Waals surface area contributed by atoms with Crippen LogP contribution in [0, 0.1) is 0 Å². The Labute approximate surface area is 89.5 Å². The number of sulfonamides is 1. The lowest BCUT2D eigenvalue weighted by Crippen LogP contribution is -2.29. The molecule has 0 saturated heterocycles. The van der Waals surface area contributed by atoms with Crippen molar-refractivity contribution < 1.29 is 13.2 Å². The monoisotopic (exact) mass is 236 g/mol. The first-order valence-corrected chi connectivity index (χ1v) is 6.33. The Bertz CT molecular complexity index is 297. The molecule has 0 aromatic heterocycles. The second-order valence-corrected chi connectivity index (χ2v) is 4.64. The highest BCUT2D eigenvalue weighted by molar-refractivity contribution is 7.89. The predicted octanol–water partition coefficient (Wildman–Crippen LogP) is 0.643. The van der Waals surface area contributed by atoms with Crippen LogP contribution in [-0.2, 0) is 14.8 Å². The summed E-state index contributed by atoms with van der Waals surface area (Å²) in [6.45, 7) is 3.09. The second kappa shape index (κ2) is 8.49. The molecule has 0 aromatic carbocycles. The van der Waals surface area contributed by atoms with E-state index in [0.717, 1.165) is 0 Å². The van der Waals surface area contributed by atoms with Crippen LogP contribution in [0.4, 0.5) is 0 Å². The molecular formula is C7H16N4O3S. The number of hydrogen-bond donors (Lipinski definition) is 1. The van der Waals surface area contributed by atoms with Gasteiger partial charge in [-0.3, -0.25) is 0 Å². The number of hydrogen-bond acceptors (Lipinski definition) is 4. The van der Waals surface area contributed by atoms with Gasteiger partial charge in [0.1, 0.15) is 0 Å². The maximum Gasteiger partial charge on any atom is 0.213 e. The molecule has 1 N–H and O–H groups in total. The highest BCUT2D eigenvalue weighted by Gasteiger charge is 2.08. The first-order chi connectivity index (χ1) is 7.12. The van der Waals surface area contributed by atoms with Crippen molar-refractivity contribution in [2.45, 2.75) is 13.3 Å². The van der Waals surface area contributed by atoms with Crippen molar-refractivity contribution in [2.24, 2.45) is 5.11 Å². The SMILES string of the molecule is CCOCCS(=O)(=O)NCCCN=[N+]=[N-]. The minimum atomic E-state index is -3.25. The van der Waals surface area contributed by atoms with Crippen LogP contribution in [0.1, 0.15) is 13.3 Å². The van der Waals surface area contributed by atoms with Gasteiger partial charge in [-0.2, -0.15) is 0 Å². The van der Waals surface area contributed by atoms with Crippen LogP contribution in [0.5, 0.6) is 0 Å². The summed E-state index contributed by atoms with van der Waals surface area (Å²) >= 11 is 0. The van der Waals surface area contributed by atoms with Gasteiger partial charge in [0.05, 0.1) is 12.4 Å². The van der Waals surface area contributed by atoms with Crippen LogP contribution < -0.4 is 4.72 Å². The van der Waals surface area contributed by atoms with Crippen LogP contribution in [0.3, 0.4) is 0 Å². The van der Waals surface area contributed by atoms with Crippen molar-refractivity contribution in [3.63, 3.8) is 0 Å². The summed E-state index contributed by atoms with van der Waals surface area (Å²) in [6, 6.07) is 0. The number of nitrogens with zero attached hydrogens (tertiary/aromatic N) is 3. The summed E-state index contributed by atoms with van der Waals surface area (Å²) in [5, 5.41) is 3.29. The average molecular weight is 236 g/mol. The van der Waals surface area contributed by atoms with E-state index in [1.807, 2.05) is 0 Å². The van der Waals surface area contributed by atoms with E-state index in [-0.39, 0.29) is 18.9 Å². The first kappa shape index (κ1) is 14.2. The van der Waals surface area contributed by atoms with Crippen LogP contribution in [0.25, 0.3) is 10.4 Å². The Morgan fingerprint density at radius 1 is 1.53 bits per heavy atom. The van der Waals surface area contributed by atoms with E-state index < -0.39 is 10.0 Å². The lowest BCUT2D eigenvalue weighted by atomic mass is 10.4. The van der Waals surface area contributed by atoms with Gasteiger partial charge in [-0.1, -0.05) is 5.11 Å². The van der Waals surface area contributed by atoms with Gasteiger partial charge in [0, 0.05) is 24.6 Å². The number of rotatable bonds is 9. The number of azide groups is 1. The molecule has 0 aromatic rings. The lowest BCUT2D eigenvalue weighted by molar-refractivity contribution is 0.163. The van der Waals surface area contributed by atoms with Gasteiger partial charge < -0.3 is 4.74 Å². The predicted molar refractivity (Wildman–Crippen MR) is 56.9 cm³/mol. The smallest absolute Gasteiger partial charge is 0.213 e. The summed E-state index contributed by atoms with van der Waals surface area (Å²) in [4.78, 5) is 2.56. The highest BCUT2D eigenvalue weighted by atomic mass is 32.2. The summed E-state index contributed by atoms with van der Waals surface area (Å²) in [5.41, 5.74) is 7.97. The van der Waals surface area contributed by atoms with Gasteiger partial charge in [0.25, 0.3) is 0 Å². The molecule has 0 heterocycles. The Kier molecular flexibility index (Phi) is 8.02. The van der Waals surface area contributed by atoms with Gasteiger partial charge in [-0.05, 0) is 18.9 Å². The third-order valence-electron chi connectivity index (χ3n) is 1.52. The second-order valence-electron chi connectivity index (χ2n) is 2.72. The molecule has 0 aliphatic carbocycles. The van der Waals surface area contributed by atoms with Crippen molar-refractivity contribution in [2.75, 3.05) is 32.1 Å². The van der Waals surface area contributed by atoms with Crippen molar-refractivity contribution in [1.29, 1.82) is 0 Å². The summed E-state index contributed by atoms with van der Waals surface area (Å²) in [7, 11) is -3.25. The third-order valence-corrected chi connectivity index (χ3v) is 2.87. The molecular weight excluding hydrogens is 220 g/mol. The van der Waals surface area contributed by atoms with Crippen LogP contribution >= 0.6 is 0 Å². The molecule has 8 heteroatoms. The Hall–Kier alpha value is -0.820. The van der Waals surface area contributed by atoms with Crippen molar-refractivity contribution >= 4 is 10.0 Å². The molecule has 0 atom stereocenters. The van der Waals surface area contributed by atoms with E-state index in [9.17, 15) is 8.42 Å². The molecule has 0 aliphatic rings. The van der Waals surface area contributed by atoms with Crippen molar-refractivity contribution in [1.82, 2.24) is 4.72 Å². The van der Waals surface area contributed by atoms with Crippen LogP contribution in [0.2, 0.25) is 0 Å². The third kappa shape index (κ3) is 9.48. The standard InChI is InChI=1S/C7H16N4O3S/c1-2-14-6-7-15(12,13)10-5-3-4-9-11-8/h10H,2-7H2,1H3. The zero-order valence-electron chi connectivity index (χ0n) is 8.72. The molecule has 0 bridgehead atoms. The van der Waals surface area contributed by atoms with Crippen molar-refractivity contribution in [3.8, 4) is 0 Å². The number of ether oxygens (including phenoxy) is 1. The van der Waals surface area contributed by atoms with E-state index >= 15 is 0 Å². The molecule has 0 spiro atoms. The maximum atomic E-state index is 11.2. The van der Waals surface area contributed by atoms with Gasteiger partial charge in [0.2, 0.25) is 10.0 Å². The topological polar surface area (TPSA) is 104 Å². The molecule has 0 saturated carbocycles. The van der Waals surface area contributed by atoms with Gasteiger partial charge >= 0.3 is 0 Å². The van der Waals surface area contributed by atoms with E-state index in [0.29, 0.717) is 19.6 Å². The van der Waals surface area contributed by atoms with Gasteiger partial charge in [-0.25, -0.2) is 13.1 Å². The highest BCUT2D eigenvalue weighted by Crippen LogP contribution is 1.87. The van der Waals surface area contributed by atoms with Gasteiger partial charge in [-0.15, -0.1) is 0 Å². The van der Waals surface area contributed by atoms with E-state index in [2.05, 4.69) is 14.7 Å². The Morgan fingerprint density at radius 2 is 2.27 bits per heavy atom. The number of nitrogens with one attached hydrogen (secondary N) is 1. The summed E-state index contributed by atoms with van der Waals surface area (Å²) < 4.78 is 29.8. The zero-order valence-corrected chi connectivity index (χ0v) is 9.53. The normalized spacial score (nSPS) is 11.0. The molecule has 0 aliphatic heterocycles. The molecule has 0 rings (SSSR count). The molecule has 0 unspecified atom stereocenters. The molecule has 0 radical (unpaired) electrons. The lowest BCUT2D eigenvalue weighted by Gasteiger charge is -2.05. The Balaban J connectivity index is 3.60. The zero-order chi connectivity index (χ0) is 11.6. The van der Waals surface area contributed by atoms with Crippen LogP contribution in [0.15, 0.2) is 5.11 Å².